The molecule has 0 bridgehead atoms. The molecule has 1 aliphatic carbocycles. The van der Waals surface area contributed by atoms with E-state index in [1.54, 1.807) is 52.3 Å². The fourth-order valence-electron chi connectivity index (χ4n) is 3.95. The van der Waals surface area contributed by atoms with Gasteiger partial charge < -0.3 is 14.6 Å². The largest absolute Gasteiger partial charge is 0.481 e. The number of hydrogen-bond donors (Lipinski definition) is 1. The number of amides is 2. The van der Waals surface area contributed by atoms with E-state index in [9.17, 15) is 23.9 Å². The molecule has 1 saturated carbocycles. The van der Waals surface area contributed by atoms with Crippen LogP contribution in [0.2, 0.25) is 0 Å². The Kier molecular flexibility index (Phi) is 7.42. The summed E-state index contributed by atoms with van der Waals surface area (Å²) in [6, 6.07) is 2.73. The van der Waals surface area contributed by atoms with Gasteiger partial charge in [-0.15, -0.1) is 0 Å². The molecule has 0 radical (unpaired) electrons. The Morgan fingerprint density at radius 2 is 1.72 bits per heavy atom. The van der Waals surface area contributed by atoms with Gasteiger partial charge in [-0.3, -0.25) is 9.36 Å². The van der Waals surface area contributed by atoms with E-state index in [2.05, 4.69) is 9.97 Å². The van der Waals surface area contributed by atoms with Gasteiger partial charge in [0.15, 0.2) is 0 Å². The number of pyridine rings is 1. The van der Waals surface area contributed by atoms with Crippen molar-refractivity contribution in [2.24, 2.45) is 5.92 Å². The van der Waals surface area contributed by atoms with Crippen LogP contribution in [-0.4, -0.2) is 60.4 Å². The van der Waals surface area contributed by atoms with E-state index in [0.717, 1.165) is 11.1 Å². The summed E-state index contributed by atoms with van der Waals surface area (Å²) in [5.74, 6) is -1.30. The number of hydrogen-bond acceptors (Lipinski definition) is 7. The Balaban J connectivity index is 1.69. The highest BCUT2D eigenvalue weighted by Crippen LogP contribution is 2.56. The number of carbonyl (C=O) groups is 3. The minimum atomic E-state index is -1.17. The second-order valence-corrected chi connectivity index (χ2v) is 10.9. The molecule has 3 rings (SSSR count). The lowest BCUT2D eigenvalue weighted by molar-refractivity contribution is -0.140. The van der Waals surface area contributed by atoms with Crippen LogP contribution in [0.15, 0.2) is 30.9 Å². The van der Waals surface area contributed by atoms with Gasteiger partial charge in [-0.1, -0.05) is 0 Å². The van der Waals surface area contributed by atoms with Crippen LogP contribution in [-0.2, 0) is 19.7 Å². The summed E-state index contributed by atoms with van der Waals surface area (Å²) >= 11 is 0. The maximum atomic E-state index is 13.2. The summed E-state index contributed by atoms with van der Waals surface area (Å²) in [4.78, 5) is 46.7. The van der Waals surface area contributed by atoms with Crippen molar-refractivity contribution >= 4 is 18.2 Å². The first-order valence-corrected chi connectivity index (χ1v) is 11.8. The van der Waals surface area contributed by atoms with Gasteiger partial charge in [0.05, 0.1) is 11.9 Å². The molecule has 196 valence electrons. The summed E-state index contributed by atoms with van der Waals surface area (Å²) in [7, 11) is 0. The van der Waals surface area contributed by atoms with Crippen molar-refractivity contribution in [3.05, 3.63) is 42.4 Å². The van der Waals surface area contributed by atoms with Crippen LogP contribution >= 0.6 is 0 Å². The molecule has 0 spiro atoms. The van der Waals surface area contributed by atoms with Gasteiger partial charge in [-0.05, 0) is 78.9 Å². The molecule has 2 heterocycles. The van der Waals surface area contributed by atoms with Crippen molar-refractivity contribution in [3.8, 4) is 5.82 Å². The zero-order chi connectivity index (χ0) is 26.9. The number of carboxylic acids is 1. The van der Waals surface area contributed by atoms with Gasteiger partial charge in [0.1, 0.15) is 34.6 Å². The Morgan fingerprint density at radius 3 is 2.22 bits per heavy atom. The Bertz CT molecular complexity index is 1090. The van der Waals surface area contributed by atoms with Crippen LogP contribution in [0.25, 0.3) is 5.82 Å². The maximum Gasteiger partial charge on any atom is 0.419 e. The second kappa shape index (κ2) is 9.87. The van der Waals surface area contributed by atoms with Crippen molar-refractivity contribution in [2.75, 3.05) is 6.54 Å². The minimum Gasteiger partial charge on any atom is -0.481 e. The average Bonchev–Trinajstić information content (AvgIpc) is 3.25. The van der Waals surface area contributed by atoms with Crippen LogP contribution in [0, 0.1) is 11.7 Å². The zero-order valence-electron chi connectivity index (χ0n) is 21.4. The third kappa shape index (κ3) is 6.38. The van der Waals surface area contributed by atoms with Gasteiger partial charge in [-0.25, -0.2) is 28.8 Å². The molecule has 36 heavy (non-hydrogen) atoms. The van der Waals surface area contributed by atoms with E-state index in [-0.39, 0.29) is 12.5 Å². The number of rotatable bonds is 7. The molecule has 1 fully saturated rings. The van der Waals surface area contributed by atoms with E-state index < -0.39 is 40.6 Å². The van der Waals surface area contributed by atoms with Gasteiger partial charge in [0, 0.05) is 12.7 Å². The van der Waals surface area contributed by atoms with Gasteiger partial charge in [-0.2, -0.15) is 0 Å². The summed E-state index contributed by atoms with van der Waals surface area (Å²) in [5.41, 5.74) is -2.40. The third-order valence-corrected chi connectivity index (χ3v) is 5.66. The molecule has 2 atom stereocenters. The number of imide groups is 1. The summed E-state index contributed by atoms with van der Waals surface area (Å²) in [5, 5.41) is 10.0. The zero-order valence-corrected chi connectivity index (χ0v) is 21.4. The number of imidazole rings is 1. The Labute approximate surface area is 209 Å². The van der Waals surface area contributed by atoms with E-state index in [1.807, 2.05) is 0 Å². The highest BCUT2D eigenvalue weighted by Gasteiger charge is 2.62. The molecular weight excluding hydrogens is 471 g/mol. The predicted molar refractivity (Wildman–Crippen MR) is 127 cm³/mol. The first-order valence-electron chi connectivity index (χ1n) is 11.8. The molecule has 2 aromatic heterocycles. The molecule has 0 unspecified atom stereocenters. The molecule has 2 amide bonds. The number of carbonyl (C=O) groups excluding carboxylic acids is 2. The highest BCUT2D eigenvalue weighted by atomic mass is 19.1. The van der Waals surface area contributed by atoms with E-state index >= 15 is 0 Å². The minimum absolute atomic E-state index is 0.0178. The first-order chi connectivity index (χ1) is 16.6. The number of ether oxygens (including phenoxy) is 2. The average molecular weight is 505 g/mol. The normalized spacial score (nSPS) is 19.5. The lowest BCUT2D eigenvalue weighted by atomic mass is 9.97. The molecular formula is C25H33FN4O6. The molecule has 1 N–H and O–H groups in total. The van der Waals surface area contributed by atoms with E-state index in [1.165, 1.54) is 18.5 Å². The van der Waals surface area contributed by atoms with Crippen molar-refractivity contribution in [1.29, 1.82) is 0 Å². The van der Waals surface area contributed by atoms with Crippen molar-refractivity contribution in [2.45, 2.75) is 77.4 Å². The molecule has 0 aliphatic heterocycles. The van der Waals surface area contributed by atoms with Gasteiger partial charge in [0.2, 0.25) is 0 Å². The van der Waals surface area contributed by atoms with Crippen molar-refractivity contribution in [1.82, 2.24) is 19.4 Å². The summed E-state index contributed by atoms with van der Waals surface area (Å²) in [6.07, 6.45) is 3.64. The number of halogens is 1. The third-order valence-electron chi connectivity index (χ3n) is 5.66. The Hall–Kier alpha value is -3.50. The monoisotopic (exact) mass is 504 g/mol. The van der Waals surface area contributed by atoms with E-state index in [4.69, 9.17) is 9.47 Å². The molecule has 11 heteroatoms. The van der Waals surface area contributed by atoms with Crippen LogP contribution < -0.4 is 0 Å². The maximum absolute atomic E-state index is 13.2. The molecule has 10 nitrogen and oxygen atoms in total. The highest BCUT2D eigenvalue weighted by molar-refractivity contribution is 5.88. The summed E-state index contributed by atoms with van der Waals surface area (Å²) in [6.45, 7) is 10.2. The van der Waals surface area contributed by atoms with Crippen LogP contribution in [0.4, 0.5) is 14.0 Å². The lowest BCUT2D eigenvalue weighted by Gasteiger charge is -2.28. The van der Waals surface area contributed by atoms with Crippen LogP contribution in [0.3, 0.4) is 0 Å². The molecule has 2 aromatic rings. The van der Waals surface area contributed by atoms with Crippen LogP contribution in [0.5, 0.6) is 0 Å². The van der Waals surface area contributed by atoms with Crippen molar-refractivity contribution in [3.63, 3.8) is 0 Å². The first kappa shape index (κ1) is 27.1. The molecule has 0 aromatic carbocycles. The topological polar surface area (TPSA) is 124 Å². The summed E-state index contributed by atoms with van der Waals surface area (Å²) < 4.78 is 25.4. The van der Waals surface area contributed by atoms with Crippen LogP contribution in [0.1, 0.15) is 66.5 Å². The van der Waals surface area contributed by atoms with Crippen molar-refractivity contribution < 1.29 is 33.4 Å². The quantitative estimate of drug-likeness (QED) is 0.575. The smallest absolute Gasteiger partial charge is 0.419 e. The fourth-order valence-corrected chi connectivity index (χ4v) is 3.95. The number of aromatic nitrogens is 3. The number of nitrogens with zero attached hydrogens (tertiary/aromatic N) is 4. The Morgan fingerprint density at radius 1 is 1.11 bits per heavy atom. The lowest BCUT2D eigenvalue weighted by Crippen LogP contribution is -2.44. The molecule has 1 aliphatic rings. The SMILES string of the molecule is CC(C)(C)OC(=O)N(CCC[C@H]1C[C@]1(C(=O)O)c1cn(-c2ccc(F)cn2)cn1)C(=O)OC(C)(C)C. The van der Waals surface area contributed by atoms with Gasteiger partial charge >= 0.3 is 18.2 Å². The predicted octanol–water partition coefficient (Wildman–Crippen LogP) is 4.70. The number of carboxylic acid groups (broad SMARTS) is 1. The second-order valence-electron chi connectivity index (χ2n) is 10.9. The number of aliphatic carboxylic acids is 1. The fraction of sp³-hybridized carbons (Fsp3) is 0.560. The standard InChI is InChI=1S/C25H33FN4O6/c1-23(2,3)35-21(33)30(22(34)36-24(4,5)6)11-7-8-16-12-25(16,20(31)32)18-14-29(15-28-18)19-10-9-17(26)13-27-19/h9-10,13-16H,7-8,11-12H2,1-6H3,(H,31,32)/t16-,25+/m0/s1. The van der Waals surface area contributed by atoms with E-state index in [0.29, 0.717) is 30.8 Å². The molecule has 0 saturated heterocycles. The van der Waals surface area contributed by atoms with Gasteiger partial charge in [0.25, 0.3) is 0 Å².